The van der Waals surface area contributed by atoms with Crippen LogP contribution in [-0.4, -0.2) is 42.2 Å². The molecule has 6 nitrogen and oxygen atoms in total. The Hall–Kier alpha value is -4.07. The van der Waals surface area contributed by atoms with E-state index in [1.165, 1.54) is 0 Å². The molecule has 1 aliphatic heterocycles. The van der Waals surface area contributed by atoms with Gasteiger partial charge in [0.15, 0.2) is 6.29 Å². The van der Waals surface area contributed by atoms with Crippen LogP contribution in [0.3, 0.4) is 0 Å². The summed E-state index contributed by atoms with van der Waals surface area (Å²) in [6.07, 6.45) is 1.18. The second-order valence-electron chi connectivity index (χ2n) is 11.2. The van der Waals surface area contributed by atoms with Crippen LogP contribution in [0.15, 0.2) is 116 Å². The van der Waals surface area contributed by atoms with Crippen molar-refractivity contribution in [1.29, 1.82) is 0 Å². The summed E-state index contributed by atoms with van der Waals surface area (Å²) in [6.45, 7) is 8.04. The molecular weight excluding hydrogens is 536 g/mol. The summed E-state index contributed by atoms with van der Waals surface area (Å²) in [4.78, 5) is 14.7. The fourth-order valence-corrected chi connectivity index (χ4v) is 5.50. The van der Waals surface area contributed by atoms with Gasteiger partial charge < -0.3 is 24.8 Å². The molecule has 0 radical (unpaired) electrons. The van der Waals surface area contributed by atoms with Crippen molar-refractivity contribution >= 4 is 5.91 Å². The molecule has 4 atom stereocenters. The van der Waals surface area contributed by atoms with Gasteiger partial charge in [0, 0.05) is 36.7 Å². The van der Waals surface area contributed by atoms with Crippen LogP contribution >= 0.6 is 0 Å². The van der Waals surface area contributed by atoms with Crippen LogP contribution in [0.25, 0.3) is 11.1 Å². The molecule has 222 valence electrons. The zero-order chi connectivity index (χ0) is 30.2. The van der Waals surface area contributed by atoms with Crippen LogP contribution in [0.1, 0.15) is 51.9 Å². The number of hydrogen-bond acceptors (Lipinski definition) is 5. The predicted molar refractivity (Wildman–Crippen MR) is 170 cm³/mol. The summed E-state index contributed by atoms with van der Waals surface area (Å²) in [6, 6.07) is 33.7. The predicted octanol–water partition coefficient (Wildman–Crippen LogP) is 6.69. The van der Waals surface area contributed by atoms with Crippen LogP contribution in [0.2, 0.25) is 0 Å². The van der Waals surface area contributed by atoms with Gasteiger partial charge in [0.2, 0.25) is 0 Å². The Balaban J connectivity index is 1.31. The van der Waals surface area contributed by atoms with Gasteiger partial charge in [-0.05, 0) is 53.1 Å². The number of nitrogens with one attached hydrogen (secondary N) is 1. The highest BCUT2D eigenvalue weighted by atomic mass is 16.7. The summed E-state index contributed by atoms with van der Waals surface area (Å²) < 4.78 is 13.2. The van der Waals surface area contributed by atoms with Crippen molar-refractivity contribution in [1.82, 2.24) is 10.2 Å². The lowest BCUT2D eigenvalue weighted by molar-refractivity contribution is -0.275. The van der Waals surface area contributed by atoms with Crippen LogP contribution in [0.4, 0.5) is 0 Å². The first-order valence-electron chi connectivity index (χ1n) is 14.8. The van der Waals surface area contributed by atoms with Gasteiger partial charge in [-0.3, -0.25) is 4.79 Å². The maximum Gasteiger partial charge on any atom is 0.251 e. The first-order valence-corrected chi connectivity index (χ1v) is 14.8. The number of aliphatic hydroxyl groups excluding tert-OH is 1. The molecule has 1 saturated heterocycles. The zero-order valence-electron chi connectivity index (χ0n) is 24.9. The van der Waals surface area contributed by atoms with E-state index in [1.54, 1.807) is 0 Å². The molecule has 0 aromatic heterocycles. The first-order chi connectivity index (χ1) is 20.9. The van der Waals surface area contributed by atoms with E-state index < -0.39 is 6.29 Å². The fourth-order valence-electron chi connectivity index (χ4n) is 5.50. The molecule has 43 heavy (non-hydrogen) atoms. The minimum atomic E-state index is -0.519. The van der Waals surface area contributed by atoms with Crippen molar-refractivity contribution in [2.24, 2.45) is 5.92 Å². The van der Waals surface area contributed by atoms with Gasteiger partial charge in [0.1, 0.15) is 0 Å². The number of benzene rings is 4. The molecule has 1 fully saturated rings. The Kier molecular flexibility index (Phi) is 10.2. The lowest BCUT2D eigenvalue weighted by Crippen LogP contribution is -2.43. The average molecular weight is 577 g/mol. The molecule has 6 heteroatoms. The maximum absolute atomic E-state index is 12.5. The highest BCUT2D eigenvalue weighted by Crippen LogP contribution is 2.42. The molecule has 0 spiro atoms. The van der Waals surface area contributed by atoms with Gasteiger partial charge in [-0.25, -0.2) is 0 Å². The number of rotatable bonds is 11. The number of aliphatic hydroxyl groups is 1. The molecule has 4 aromatic carbocycles. The number of hydrogen-bond donors (Lipinski definition) is 2. The Morgan fingerprint density at radius 2 is 1.60 bits per heavy atom. The normalized spacial score (nSPS) is 20.1. The zero-order valence-corrected chi connectivity index (χ0v) is 24.9. The van der Waals surface area contributed by atoms with Crippen molar-refractivity contribution in [2.75, 3.05) is 20.1 Å². The van der Waals surface area contributed by atoms with Crippen molar-refractivity contribution in [3.8, 4) is 11.1 Å². The van der Waals surface area contributed by atoms with E-state index >= 15 is 0 Å². The van der Waals surface area contributed by atoms with E-state index in [4.69, 9.17) is 9.47 Å². The highest BCUT2D eigenvalue weighted by molar-refractivity contribution is 5.94. The highest BCUT2D eigenvalue weighted by Gasteiger charge is 2.38. The Morgan fingerprint density at radius 3 is 2.30 bits per heavy atom. The van der Waals surface area contributed by atoms with Gasteiger partial charge >= 0.3 is 0 Å². The van der Waals surface area contributed by atoms with E-state index in [-0.39, 0.29) is 30.6 Å². The van der Waals surface area contributed by atoms with Crippen LogP contribution in [0.5, 0.6) is 0 Å². The Labute approximate surface area is 254 Å². The van der Waals surface area contributed by atoms with Crippen LogP contribution in [-0.2, 0) is 22.6 Å². The number of amides is 1. The number of carbonyl (C=O) groups excluding carboxylic acids is 1. The van der Waals surface area contributed by atoms with Gasteiger partial charge in [0.25, 0.3) is 5.91 Å². The molecule has 0 bridgehead atoms. The minimum Gasteiger partial charge on any atom is -0.392 e. The molecule has 0 aliphatic carbocycles. The third kappa shape index (κ3) is 7.66. The van der Waals surface area contributed by atoms with Gasteiger partial charge in [-0.2, -0.15) is 0 Å². The maximum atomic E-state index is 12.5. The van der Waals surface area contributed by atoms with Crippen LogP contribution in [0, 0.1) is 5.92 Å². The van der Waals surface area contributed by atoms with Crippen molar-refractivity contribution < 1.29 is 19.4 Å². The fraction of sp³-hybridized carbons (Fsp3) is 0.270. The van der Waals surface area contributed by atoms with Gasteiger partial charge in [-0.1, -0.05) is 97.9 Å². The molecular formula is C37H40N2O4. The second-order valence-corrected chi connectivity index (χ2v) is 11.2. The molecule has 1 aliphatic rings. The third-order valence-corrected chi connectivity index (χ3v) is 7.99. The molecule has 0 saturated carbocycles. The van der Waals surface area contributed by atoms with E-state index in [9.17, 15) is 9.90 Å². The first kappa shape index (κ1) is 30.4. The lowest BCUT2D eigenvalue weighted by Gasteiger charge is -2.42. The minimum absolute atomic E-state index is 0.0135. The summed E-state index contributed by atoms with van der Waals surface area (Å²) in [5, 5.41) is 12.5. The van der Waals surface area contributed by atoms with E-state index in [1.807, 2.05) is 72.8 Å². The lowest BCUT2D eigenvalue weighted by atomic mass is 9.90. The van der Waals surface area contributed by atoms with Gasteiger partial charge in [0.05, 0.1) is 18.8 Å². The smallest absolute Gasteiger partial charge is 0.251 e. The average Bonchev–Trinajstić information content (AvgIpc) is 3.05. The summed E-state index contributed by atoms with van der Waals surface area (Å²) >= 11 is 0. The topological polar surface area (TPSA) is 71.0 Å². The second kappa shape index (κ2) is 14.4. The SMILES string of the molecule is C=CCN(C)CC1OC(c2ccc(-c3cccc(CNC(=O)c4ccccc4)c3)cc2)OC(c2ccc(CO)cc2)C1C. The number of nitrogens with zero attached hydrogens (tertiary/aromatic N) is 1. The van der Waals surface area contributed by atoms with E-state index in [0.717, 1.165) is 46.5 Å². The van der Waals surface area contributed by atoms with E-state index in [2.05, 4.69) is 67.2 Å². The third-order valence-electron chi connectivity index (χ3n) is 7.99. The number of likely N-dealkylation sites (N-methyl/N-ethyl adjacent to an activating group) is 1. The molecule has 1 heterocycles. The quantitative estimate of drug-likeness (QED) is 0.195. The van der Waals surface area contributed by atoms with Crippen molar-refractivity contribution in [3.05, 3.63) is 144 Å². The van der Waals surface area contributed by atoms with Crippen molar-refractivity contribution in [2.45, 2.75) is 38.6 Å². The van der Waals surface area contributed by atoms with Gasteiger partial charge in [-0.15, -0.1) is 6.58 Å². The standard InChI is InChI=1S/C37H40N2O4/c1-4-21-39(3)24-34-26(2)35(30-15-13-27(25-40)14-16-30)43-37(42-34)32-19-17-29(18-20-32)33-12-8-9-28(22-33)23-38-36(41)31-10-6-5-7-11-31/h4-20,22,26,34-35,37,40H,1,21,23-25H2,2-3H3,(H,38,41). The number of ether oxygens (including phenoxy) is 2. The molecule has 2 N–H and O–H groups in total. The summed E-state index contributed by atoms with van der Waals surface area (Å²) in [5.74, 6) is 0.0293. The van der Waals surface area contributed by atoms with Crippen molar-refractivity contribution in [3.63, 3.8) is 0 Å². The molecule has 1 amide bonds. The molecule has 4 aromatic rings. The largest absolute Gasteiger partial charge is 0.392 e. The summed E-state index contributed by atoms with van der Waals surface area (Å²) in [5.41, 5.74) is 6.72. The molecule has 5 rings (SSSR count). The molecule has 4 unspecified atom stereocenters. The van der Waals surface area contributed by atoms with E-state index in [0.29, 0.717) is 12.1 Å². The summed E-state index contributed by atoms with van der Waals surface area (Å²) in [7, 11) is 2.07. The number of carbonyl (C=O) groups is 1. The monoisotopic (exact) mass is 576 g/mol. The Morgan fingerprint density at radius 1 is 0.884 bits per heavy atom. The van der Waals surface area contributed by atoms with Crippen LogP contribution < -0.4 is 5.32 Å². The Bertz CT molecular complexity index is 1490.